The minimum atomic E-state index is -0.528. The van der Waals surface area contributed by atoms with Gasteiger partial charge in [-0.25, -0.2) is 0 Å². The molecule has 1 aromatic carbocycles. The van der Waals surface area contributed by atoms with Crippen LogP contribution in [0.15, 0.2) is 23.2 Å². The zero-order valence-corrected chi connectivity index (χ0v) is 11.3. The van der Waals surface area contributed by atoms with E-state index >= 15 is 0 Å². The number of hydrogen-bond acceptors (Lipinski definition) is 4. The van der Waals surface area contributed by atoms with Crippen molar-refractivity contribution in [3.8, 4) is 0 Å². The van der Waals surface area contributed by atoms with E-state index in [0.29, 0.717) is 11.5 Å². The van der Waals surface area contributed by atoms with Crippen molar-refractivity contribution < 1.29 is 9.53 Å². The molecule has 0 fully saturated rings. The molecule has 0 spiro atoms. The van der Waals surface area contributed by atoms with Crippen molar-refractivity contribution in [3.05, 3.63) is 29.3 Å². The predicted octanol–water partition coefficient (Wildman–Crippen LogP) is 2.86. The highest BCUT2D eigenvalue weighted by atomic mass is 32.1. The van der Waals surface area contributed by atoms with Gasteiger partial charge in [0.1, 0.15) is 5.92 Å². The molecular weight excluding hydrogens is 246 g/mol. The minimum Gasteiger partial charge on any atom is -0.465 e. The number of esters is 1. The van der Waals surface area contributed by atoms with E-state index in [-0.39, 0.29) is 5.97 Å². The third-order valence-corrected chi connectivity index (χ3v) is 3.42. The Balaban J connectivity index is 2.38. The molecule has 1 heterocycles. The molecule has 1 aromatic rings. The van der Waals surface area contributed by atoms with Crippen LogP contribution in [-0.2, 0) is 16.0 Å². The van der Waals surface area contributed by atoms with Crippen LogP contribution in [0.5, 0.6) is 0 Å². The van der Waals surface area contributed by atoms with Gasteiger partial charge in [0.05, 0.1) is 12.3 Å². The normalized spacial score (nSPS) is 17.4. The van der Waals surface area contributed by atoms with Crippen LogP contribution in [0, 0.1) is 5.92 Å². The van der Waals surface area contributed by atoms with Crippen molar-refractivity contribution in [1.29, 1.82) is 0 Å². The van der Waals surface area contributed by atoms with Gasteiger partial charge in [-0.2, -0.15) is 0 Å². The van der Waals surface area contributed by atoms with Crippen molar-refractivity contribution in [1.82, 2.24) is 0 Å². The molecule has 0 N–H and O–H groups in total. The number of para-hydroxylation sites is 1. The molecule has 18 heavy (non-hydrogen) atoms. The van der Waals surface area contributed by atoms with E-state index in [1.54, 1.807) is 13.1 Å². The molecular formula is C14H15NO2S. The average Bonchev–Trinajstić information content (AvgIpc) is 2.39. The SMILES string of the molecule is CCOC(=O)C1C=Nc2c(CC)cccc2C1=S. The average molecular weight is 261 g/mol. The lowest BCUT2D eigenvalue weighted by Gasteiger charge is -2.20. The van der Waals surface area contributed by atoms with E-state index in [1.165, 1.54) is 0 Å². The van der Waals surface area contributed by atoms with Crippen molar-refractivity contribution in [2.75, 3.05) is 6.61 Å². The monoisotopic (exact) mass is 261 g/mol. The largest absolute Gasteiger partial charge is 0.465 e. The number of carbonyl (C=O) groups is 1. The smallest absolute Gasteiger partial charge is 0.319 e. The van der Waals surface area contributed by atoms with Crippen LogP contribution >= 0.6 is 12.2 Å². The lowest BCUT2D eigenvalue weighted by atomic mass is 9.93. The number of carbonyl (C=O) groups excluding carboxylic acids is 1. The topological polar surface area (TPSA) is 38.7 Å². The summed E-state index contributed by atoms with van der Waals surface area (Å²) in [5.41, 5.74) is 2.92. The fraction of sp³-hybridized carbons (Fsp3) is 0.357. The van der Waals surface area contributed by atoms with Crippen LogP contribution in [-0.4, -0.2) is 23.7 Å². The van der Waals surface area contributed by atoms with Crippen molar-refractivity contribution in [2.45, 2.75) is 20.3 Å². The number of fused-ring (bicyclic) bond motifs is 1. The predicted molar refractivity (Wildman–Crippen MR) is 75.8 cm³/mol. The Hall–Kier alpha value is -1.55. The molecule has 0 saturated heterocycles. The van der Waals surface area contributed by atoms with Crippen LogP contribution in [0.3, 0.4) is 0 Å². The summed E-state index contributed by atoms with van der Waals surface area (Å²) in [7, 11) is 0. The van der Waals surface area contributed by atoms with Gasteiger partial charge in [-0.05, 0) is 18.9 Å². The number of rotatable bonds is 3. The van der Waals surface area contributed by atoms with Gasteiger partial charge >= 0.3 is 5.97 Å². The highest BCUT2D eigenvalue weighted by molar-refractivity contribution is 7.81. The van der Waals surface area contributed by atoms with E-state index < -0.39 is 5.92 Å². The molecule has 0 aliphatic carbocycles. The maximum Gasteiger partial charge on any atom is 0.319 e. The fourth-order valence-electron chi connectivity index (χ4n) is 2.01. The zero-order chi connectivity index (χ0) is 13.1. The lowest BCUT2D eigenvalue weighted by Crippen LogP contribution is -2.29. The molecule has 0 radical (unpaired) electrons. The molecule has 1 aliphatic rings. The minimum absolute atomic E-state index is 0.321. The summed E-state index contributed by atoms with van der Waals surface area (Å²) in [4.78, 5) is 16.8. The maximum absolute atomic E-state index is 11.8. The summed E-state index contributed by atoms with van der Waals surface area (Å²) in [5.74, 6) is -0.849. The van der Waals surface area contributed by atoms with Gasteiger partial charge in [0.25, 0.3) is 0 Å². The number of nitrogens with zero attached hydrogens (tertiary/aromatic N) is 1. The van der Waals surface area contributed by atoms with Gasteiger partial charge in [-0.15, -0.1) is 0 Å². The highest BCUT2D eigenvalue weighted by Crippen LogP contribution is 2.31. The summed E-state index contributed by atoms with van der Waals surface area (Å²) < 4.78 is 5.01. The van der Waals surface area contributed by atoms with Crippen LogP contribution in [0.1, 0.15) is 25.0 Å². The van der Waals surface area contributed by atoms with Gasteiger partial charge < -0.3 is 4.74 Å². The maximum atomic E-state index is 11.8. The van der Waals surface area contributed by atoms with Gasteiger partial charge in [0, 0.05) is 16.6 Å². The number of aryl methyl sites for hydroxylation is 1. The van der Waals surface area contributed by atoms with Gasteiger partial charge in [-0.3, -0.25) is 9.79 Å². The Morgan fingerprint density at radius 1 is 1.44 bits per heavy atom. The molecule has 2 rings (SSSR count). The fourth-order valence-corrected chi connectivity index (χ4v) is 2.33. The quantitative estimate of drug-likeness (QED) is 0.620. The molecule has 1 aliphatic heterocycles. The highest BCUT2D eigenvalue weighted by Gasteiger charge is 2.29. The first kappa shape index (κ1) is 12.9. The first-order valence-electron chi connectivity index (χ1n) is 6.06. The Morgan fingerprint density at radius 3 is 2.89 bits per heavy atom. The lowest BCUT2D eigenvalue weighted by molar-refractivity contribution is -0.143. The summed E-state index contributed by atoms with van der Waals surface area (Å²) in [5, 5.41) is 0. The molecule has 0 bridgehead atoms. The molecule has 3 nitrogen and oxygen atoms in total. The Morgan fingerprint density at radius 2 is 2.22 bits per heavy atom. The van der Waals surface area contributed by atoms with Crippen LogP contribution in [0.2, 0.25) is 0 Å². The molecule has 4 heteroatoms. The molecule has 0 saturated carbocycles. The molecule has 1 unspecified atom stereocenters. The second-order valence-corrected chi connectivity index (χ2v) is 4.48. The van der Waals surface area contributed by atoms with Gasteiger partial charge in [0.15, 0.2) is 0 Å². The van der Waals surface area contributed by atoms with Crippen LogP contribution in [0.25, 0.3) is 0 Å². The second-order valence-electron chi connectivity index (χ2n) is 4.04. The van der Waals surface area contributed by atoms with E-state index in [9.17, 15) is 4.79 Å². The second kappa shape index (κ2) is 5.40. The summed E-state index contributed by atoms with van der Waals surface area (Å²) >= 11 is 5.39. The van der Waals surface area contributed by atoms with Crippen molar-refractivity contribution in [3.63, 3.8) is 0 Å². The standard InChI is InChI=1S/C14H15NO2S/c1-3-9-6-5-7-10-12(9)15-8-11(13(10)18)14(16)17-4-2/h5-8,11H,3-4H2,1-2H3. The number of aliphatic imine (C=N–C) groups is 1. The molecule has 94 valence electrons. The zero-order valence-electron chi connectivity index (χ0n) is 10.5. The Labute approximate surface area is 112 Å². The first-order chi connectivity index (χ1) is 8.69. The number of thiocarbonyl (C=S) groups is 1. The molecule has 0 aromatic heterocycles. The Kier molecular flexibility index (Phi) is 3.87. The van der Waals surface area contributed by atoms with E-state index in [0.717, 1.165) is 23.2 Å². The van der Waals surface area contributed by atoms with Crippen LogP contribution < -0.4 is 0 Å². The van der Waals surface area contributed by atoms with Crippen molar-refractivity contribution >= 4 is 35.0 Å². The number of hydrogen-bond donors (Lipinski definition) is 0. The van der Waals surface area contributed by atoms with Gasteiger partial charge in [0.2, 0.25) is 0 Å². The summed E-state index contributed by atoms with van der Waals surface area (Å²) in [6.45, 7) is 4.21. The first-order valence-corrected chi connectivity index (χ1v) is 6.46. The van der Waals surface area contributed by atoms with Crippen molar-refractivity contribution in [2.24, 2.45) is 10.9 Å². The molecule has 1 atom stereocenters. The summed E-state index contributed by atoms with van der Waals surface area (Å²) in [6.07, 6.45) is 2.50. The van der Waals surface area contributed by atoms with Crippen LogP contribution in [0.4, 0.5) is 5.69 Å². The summed E-state index contributed by atoms with van der Waals surface area (Å²) in [6, 6.07) is 5.90. The van der Waals surface area contributed by atoms with E-state index in [4.69, 9.17) is 17.0 Å². The van der Waals surface area contributed by atoms with E-state index in [2.05, 4.69) is 11.9 Å². The third kappa shape index (κ3) is 2.20. The van der Waals surface area contributed by atoms with Gasteiger partial charge in [-0.1, -0.05) is 37.3 Å². The van der Waals surface area contributed by atoms with E-state index in [1.807, 2.05) is 18.2 Å². The Bertz CT molecular complexity index is 523. The number of benzene rings is 1. The third-order valence-electron chi connectivity index (χ3n) is 2.94. The number of ether oxygens (including phenoxy) is 1. The molecule has 0 amide bonds.